The monoisotopic (exact) mass is 572 g/mol. The van der Waals surface area contributed by atoms with Crippen LogP contribution in [0.2, 0.25) is 5.82 Å². The first kappa shape index (κ1) is 26.1. The number of fused-ring (bicyclic) bond motifs is 8. The number of hydrogen-bond acceptors (Lipinski definition) is 3. The zero-order chi connectivity index (χ0) is 28.5. The number of benzene rings is 1. The maximum atomic E-state index is 7.03. The Labute approximate surface area is 259 Å². The number of anilines is 2. The van der Waals surface area contributed by atoms with Crippen molar-refractivity contribution >= 4 is 23.6 Å². The van der Waals surface area contributed by atoms with Crippen LogP contribution in [0.3, 0.4) is 0 Å². The molecule has 0 amide bonds. The van der Waals surface area contributed by atoms with Gasteiger partial charge in [0.2, 0.25) is 6.71 Å². The van der Waals surface area contributed by atoms with Crippen molar-refractivity contribution in [2.45, 2.75) is 133 Å². The minimum atomic E-state index is 0.197. The number of nitrogens with zero attached hydrogens (tertiary/aromatic N) is 2. The molecule has 0 bridgehead atoms. The van der Waals surface area contributed by atoms with Gasteiger partial charge in [0.05, 0.1) is 18.2 Å². The summed E-state index contributed by atoms with van der Waals surface area (Å²) in [5.74, 6) is 2.76. The summed E-state index contributed by atoms with van der Waals surface area (Å²) in [6.45, 7) is 5.88. The Hall–Kier alpha value is -2.20. The molecule has 43 heavy (non-hydrogen) atoms. The summed E-state index contributed by atoms with van der Waals surface area (Å²) >= 11 is 0. The smallest absolute Gasteiger partial charge is 0.222 e. The number of allylic oxidation sites excluding steroid dienone is 4. The van der Waals surface area contributed by atoms with E-state index in [1.54, 1.807) is 22.3 Å². The predicted molar refractivity (Wildman–Crippen MR) is 178 cm³/mol. The number of rotatable bonds is 1. The zero-order valence-corrected chi connectivity index (χ0v) is 26.4. The van der Waals surface area contributed by atoms with Crippen molar-refractivity contribution in [1.29, 1.82) is 0 Å². The van der Waals surface area contributed by atoms with E-state index >= 15 is 0 Å². The molecule has 3 nitrogen and oxygen atoms in total. The molecule has 4 aliphatic heterocycles. The van der Waals surface area contributed by atoms with Gasteiger partial charge in [0, 0.05) is 34.6 Å². The fraction of sp³-hybridized carbons (Fsp3) is 0.641. The molecule has 4 heterocycles. The lowest BCUT2D eigenvalue weighted by Gasteiger charge is -2.56. The van der Waals surface area contributed by atoms with Gasteiger partial charge in [-0.3, -0.25) is 0 Å². The van der Waals surface area contributed by atoms with Crippen LogP contribution in [0.5, 0.6) is 0 Å². The minimum absolute atomic E-state index is 0.197. The number of ether oxygens (including phenoxy) is 1. The summed E-state index contributed by atoms with van der Waals surface area (Å²) in [4.78, 5) is 5.90. The minimum Gasteiger partial charge on any atom is -0.368 e. The fourth-order valence-corrected chi connectivity index (χ4v) is 13.1. The lowest BCUT2D eigenvalue weighted by Crippen LogP contribution is -2.64. The maximum Gasteiger partial charge on any atom is 0.222 e. The summed E-state index contributed by atoms with van der Waals surface area (Å²) in [6, 6.07) is 8.53. The lowest BCUT2D eigenvalue weighted by atomic mass is 9.26. The van der Waals surface area contributed by atoms with E-state index in [0.717, 1.165) is 18.2 Å². The third kappa shape index (κ3) is 3.23. The van der Waals surface area contributed by atoms with Crippen LogP contribution in [0.4, 0.5) is 11.4 Å². The molecule has 10 rings (SSSR count). The molecular formula is C39H49BN2O. The van der Waals surface area contributed by atoms with Crippen LogP contribution in [0, 0.1) is 23.2 Å². The second kappa shape index (κ2) is 9.18. The highest BCUT2D eigenvalue weighted by Crippen LogP contribution is 2.68. The van der Waals surface area contributed by atoms with Gasteiger partial charge in [-0.2, -0.15) is 0 Å². The van der Waals surface area contributed by atoms with Gasteiger partial charge in [-0.05, 0) is 106 Å². The van der Waals surface area contributed by atoms with E-state index < -0.39 is 0 Å². The summed E-state index contributed by atoms with van der Waals surface area (Å²) in [5, 5.41) is 0. The molecule has 8 unspecified atom stereocenters. The molecule has 4 heteroatoms. The first-order chi connectivity index (χ1) is 21.1. The summed E-state index contributed by atoms with van der Waals surface area (Å²) < 4.78 is 7.03. The van der Waals surface area contributed by atoms with E-state index in [9.17, 15) is 0 Å². The SMILES string of the molecule is CC1(C)N2c3cccc4c3B(C3=CCCC=C3N4C3CC=CC4C5CCC=CC5OC43)C3CCCC(C32)C12CCCCC2. The topological polar surface area (TPSA) is 15.7 Å². The quantitative estimate of drug-likeness (QED) is 0.250. The standard InChI is InChI=1S/C39H49BN2O/c1-38(2)39(23-8-3-9-24-39)27-15-11-17-29-36(27)42(38)32-20-12-19-31-35(32)40(29)28-16-5-6-18-30(28)41(31)33-21-10-14-26-25-13-4-7-22-34(25)43-37(26)33/h7,10,12,14,16,18-20,22,25-27,29,33-34,36-37H,3-6,8-9,11,13,15,17,21,23-24H2,1-2H3. The molecule has 0 aromatic heterocycles. The molecule has 2 saturated heterocycles. The second-order valence-corrected chi connectivity index (χ2v) is 16.3. The van der Waals surface area contributed by atoms with Crippen LogP contribution in [0.25, 0.3) is 0 Å². The Morgan fingerprint density at radius 3 is 2.65 bits per heavy atom. The molecule has 9 aliphatic rings. The van der Waals surface area contributed by atoms with Crippen molar-refractivity contribution in [2.24, 2.45) is 23.2 Å². The number of hydrogen-bond donors (Lipinski definition) is 0. The highest BCUT2D eigenvalue weighted by atomic mass is 16.5. The van der Waals surface area contributed by atoms with Gasteiger partial charge < -0.3 is 14.5 Å². The van der Waals surface area contributed by atoms with E-state index in [2.05, 4.69) is 78.3 Å². The largest absolute Gasteiger partial charge is 0.368 e. The second-order valence-electron chi connectivity index (χ2n) is 16.3. The van der Waals surface area contributed by atoms with E-state index in [0.29, 0.717) is 42.2 Å². The zero-order valence-electron chi connectivity index (χ0n) is 26.4. The van der Waals surface area contributed by atoms with Crippen molar-refractivity contribution in [2.75, 3.05) is 9.80 Å². The first-order valence-corrected chi connectivity index (χ1v) is 18.2. The van der Waals surface area contributed by atoms with Crippen molar-refractivity contribution in [3.05, 3.63) is 65.8 Å². The van der Waals surface area contributed by atoms with Crippen molar-refractivity contribution < 1.29 is 4.74 Å². The van der Waals surface area contributed by atoms with Gasteiger partial charge in [-0.15, -0.1) is 0 Å². The van der Waals surface area contributed by atoms with Gasteiger partial charge in [0.1, 0.15) is 0 Å². The van der Waals surface area contributed by atoms with Crippen molar-refractivity contribution in [3.8, 4) is 0 Å². The average molecular weight is 573 g/mol. The molecule has 1 aromatic rings. The predicted octanol–water partition coefficient (Wildman–Crippen LogP) is 8.13. The molecule has 224 valence electrons. The Morgan fingerprint density at radius 1 is 0.884 bits per heavy atom. The van der Waals surface area contributed by atoms with Crippen LogP contribution in [-0.2, 0) is 4.74 Å². The maximum absolute atomic E-state index is 7.03. The summed E-state index contributed by atoms with van der Waals surface area (Å²) in [5.41, 5.74) is 8.68. The van der Waals surface area contributed by atoms with E-state index in [4.69, 9.17) is 4.74 Å². The molecular weight excluding hydrogens is 523 g/mol. The van der Waals surface area contributed by atoms with Crippen LogP contribution < -0.4 is 15.3 Å². The molecule has 1 spiro atoms. The molecule has 2 saturated carbocycles. The molecule has 8 atom stereocenters. The molecule has 0 radical (unpaired) electrons. The Balaban J connectivity index is 1.16. The Morgan fingerprint density at radius 2 is 1.74 bits per heavy atom. The lowest BCUT2D eigenvalue weighted by molar-refractivity contribution is 0.0377. The molecule has 1 aromatic carbocycles. The van der Waals surface area contributed by atoms with Crippen molar-refractivity contribution in [1.82, 2.24) is 0 Å². The normalized spacial score (nSPS) is 40.7. The van der Waals surface area contributed by atoms with Crippen LogP contribution in [0.1, 0.15) is 97.3 Å². The van der Waals surface area contributed by atoms with Crippen molar-refractivity contribution in [3.63, 3.8) is 0 Å². The van der Waals surface area contributed by atoms with Crippen LogP contribution in [-0.4, -0.2) is 36.5 Å². The summed E-state index contributed by atoms with van der Waals surface area (Å²) in [6.07, 6.45) is 33.1. The summed E-state index contributed by atoms with van der Waals surface area (Å²) in [7, 11) is 0. The Kier molecular flexibility index (Phi) is 5.56. The van der Waals surface area contributed by atoms with Crippen LogP contribution >= 0.6 is 0 Å². The molecule has 4 fully saturated rings. The van der Waals surface area contributed by atoms with E-state index in [1.807, 2.05) is 0 Å². The van der Waals surface area contributed by atoms with E-state index in [1.165, 1.54) is 82.7 Å². The third-order valence-corrected chi connectivity index (χ3v) is 14.6. The molecule has 0 N–H and O–H groups in total. The van der Waals surface area contributed by atoms with Gasteiger partial charge in [0.25, 0.3) is 0 Å². The van der Waals surface area contributed by atoms with Crippen LogP contribution in [0.15, 0.2) is 65.8 Å². The van der Waals surface area contributed by atoms with Gasteiger partial charge in [-0.25, -0.2) is 0 Å². The molecule has 5 aliphatic carbocycles. The van der Waals surface area contributed by atoms with Gasteiger partial charge >= 0.3 is 0 Å². The highest BCUT2D eigenvalue weighted by molar-refractivity contribution is 6.85. The highest BCUT2D eigenvalue weighted by Gasteiger charge is 2.69. The van der Waals surface area contributed by atoms with Gasteiger partial charge in [-0.1, -0.05) is 80.1 Å². The van der Waals surface area contributed by atoms with Gasteiger partial charge in [0.15, 0.2) is 0 Å². The third-order valence-electron chi connectivity index (χ3n) is 14.6. The van der Waals surface area contributed by atoms with E-state index in [-0.39, 0.29) is 11.6 Å². The average Bonchev–Trinajstić information content (AvgIpc) is 3.51. The Bertz CT molecular complexity index is 1460. The first-order valence-electron chi connectivity index (χ1n) is 18.2. The fourth-order valence-electron chi connectivity index (χ4n) is 13.1.